The van der Waals surface area contributed by atoms with E-state index in [0.717, 1.165) is 0 Å². The van der Waals surface area contributed by atoms with Gasteiger partial charge in [-0.15, -0.1) is 0 Å². The number of carboxylic acids is 2. The predicted molar refractivity (Wildman–Crippen MR) is 88.5 cm³/mol. The highest BCUT2D eigenvalue weighted by molar-refractivity contribution is 5.75. The van der Waals surface area contributed by atoms with Gasteiger partial charge in [0.05, 0.1) is 71.8 Å². The quantitative estimate of drug-likeness (QED) is 0.262. The van der Waals surface area contributed by atoms with Crippen LogP contribution in [-0.4, -0.2) is 96.4 Å². The molecule has 25 heavy (non-hydrogen) atoms. The van der Waals surface area contributed by atoms with E-state index in [-0.39, 0.29) is 38.8 Å². The van der Waals surface area contributed by atoms with Crippen molar-refractivity contribution in [2.45, 2.75) is 32.8 Å². The summed E-state index contributed by atoms with van der Waals surface area (Å²) in [6.45, 7) is 6.32. The number of aliphatic carboxylic acids is 2. The number of aliphatic hydroxyl groups excluding tert-OH is 3. The zero-order valence-electron chi connectivity index (χ0n) is 14.9. The van der Waals surface area contributed by atoms with Crippen molar-refractivity contribution in [1.82, 2.24) is 0 Å². The molecule has 0 aliphatic rings. The first-order chi connectivity index (χ1) is 11.8. The molecule has 0 atom stereocenters. The maximum Gasteiger partial charge on any atom is 0.303 e. The average molecular weight is 372 g/mol. The largest absolute Gasteiger partial charge is 0.481 e. The van der Waals surface area contributed by atoms with Crippen LogP contribution < -0.4 is 0 Å². The molecule has 10 heteroatoms. The highest BCUT2D eigenvalue weighted by Gasteiger charge is 2.00. The van der Waals surface area contributed by atoms with Gasteiger partial charge < -0.3 is 39.7 Å². The van der Waals surface area contributed by atoms with E-state index in [4.69, 9.17) is 35.0 Å². The first-order valence-electron chi connectivity index (χ1n) is 7.85. The van der Waals surface area contributed by atoms with Gasteiger partial charge in [0.25, 0.3) is 0 Å². The van der Waals surface area contributed by atoms with E-state index in [2.05, 4.69) is 4.74 Å². The zero-order chi connectivity index (χ0) is 19.9. The highest BCUT2D eigenvalue weighted by Crippen LogP contribution is 1.87. The van der Waals surface area contributed by atoms with Crippen LogP contribution in [0, 0.1) is 0 Å². The molecule has 0 aromatic carbocycles. The molecule has 10 nitrogen and oxygen atoms in total. The van der Waals surface area contributed by atoms with Crippen molar-refractivity contribution in [3.05, 3.63) is 0 Å². The van der Waals surface area contributed by atoms with E-state index < -0.39 is 11.9 Å². The van der Waals surface area contributed by atoms with Gasteiger partial charge >= 0.3 is 11.9 Å². The van der Waals surface area contributed by atoms with E-state index in [1.165, 1.54) is 0 Å². The second-order valence-corrected chi connectivity index (χ2v) is 4.60. The molecule has 5 N–H and O–H groups in total. The van der Waals surface area contributed by atoms with Crippen LogP contribution >= 0.6 is 0 Å². The van der Waals surface area contributed by atoms with E-state index in [9.17, 15) is 9.59 Å². The lowest BCUT2D eigenvalue weighted by Gasteiger charge is -2.06. The minimum atomic E-state index is -1.08. The van der Waals surface area contributed by atoms with Crippen molar-refractivity contribution in [2.24, 2.45) is 0 Å². The Balaban J connectivity index is -0.000000296. The molecule has 0 amide bonds. The van der Waals surface area contributed by atoms with Crippen LogP contribution in [0.4, 0.5) is 0 Å². The van der Waals surface area contributed by atoms with Crippen LogP contribution in [0.1, 0.15) is 26.7 Å². The Kier molecular flexibility index (Phi) is 28.4. The number of hydrogen-bond donors (Lipinski definition) is 5. The van der Waals surface area contributed by atoms with E-state index in [0.29, 0.717) is 33.0 Å². The molecule has 0 heterocycles. The zero-order valence-corrected chi connectivity index (χ0v) is 14.9. The van der Waals surface area contributed by atoms with Gasteiger partial charge in [0.1, 0.15) is 0 Å². The van der Waals surface area contributed by atoms with Crippen LogP contribution in [0.15, 0.2) is 0 Å². The van der Waals surface area contributed by atoms with Crippen molar-refractivity contribution >= 4 is 11.9 Å². The number of carbonyl (C=O) groups is 2. The Morgan fingerprint density at radius 3 is 1.36 bits per heavy atom. The van der Waals surface area contributed by atoms with Gasteiger partial charge in [-0.2, -0.15) is 0 Å². The lowest BCUT2D eigenvalue weighted by atomic mass is 10.3. The van der Waals surface area contributed by atoms with E-state index >= 15 is 0 Å². The van der Waals surface area contributed by atoms with Gasteiger partial charge in [-0.3, -0.25) is 9.59 Å². The summed E-state index contributed by atoms with van der Waals surface area (Å²) >= 11 is 0. The lowest BCUT2D eigenvalue weighted by Crippen LogP contribution is -2.10. The van der Waals surface area contributed by atoms with Crippen molar-refractivity contribution in [2.75, 3.05) is 52.9 Å². The fraction of sp³-hybridized carbons (Fsp3) is 0.867. The lowest BCUT2D eigenvalue weighted by molar-refractivity contribution is -0.143. The predicted octanol–water partition coefficient (Wildman–Crippen LogP) is -0.656. The van der Waals surface area contributed by atoms with Gasteiger partial charge in [0, 0.05) is 0 Å². The number of hydrogen-bond acceptors (Lipinski definition) is 8. The van der Waals surface area contributed by atoms with Crippen LogP contribution in [0.3, 0.4) is 0 Å². The van der Waals surface area contributed by atoms with Crippen molar-refractivity contribution in [3.63, 3.8) is 0 Å². The smallest absolute Gasteiger partial charge is 0.303 e. The van der Waals surface area contributed by atoms with Crippen molar-refractivity contribution < 1.29 is 49.3 Å². The summed E-state index contributed by atoms with van der Waals surface area (Å²) in [6.07, 6.45) is -0.331. The SMILES string of the molecule is CC(C)OCCOCCO.O=C(O)CCC(=O)O.OCCOCCO. The normalized spacial score (nSPS) is 9.68. The molecule has 0 aliphatic heterocycles. The summed E-state index contributed by atoms with van der Waals surface area (Å²) in [5, 5.41) is 40.3. The first kappa shape index (κ1) is 28.5. The molecule has 0 spiro atoms. The molecule has 0 saturated carbocycles. The molecular weight excluding hydrogens is 340 g/mol. The van der Waals surface area contributed by atoms with Crippen molar-refractivity contribution in [1.29, 1.82) is 0 Å². The second-order valence-electron chi connectivity index (χ2n) is 4.60. The van der Waals surface area contributed by atoms with Crippen molar-refractivity contribution in [3.8, 4) is 0 Å². The number of ether oxygens (including phenoxy) is 3. The third-order valence-corrected chi connectivity index (χ3v) is 1.94. The Labute approximate surface area is 147 Å². The molecule has 0 radical (unpaired) electrons. The molecular formula is C15H32O10. The van der Waals surface area contributed by atoms with E-state index in [1.807, 2.05) is 13.8 Å². The average Bonchev–Trinajstić information content (AvgIpc) is 2.54. The van der Waals surface area contributed by atoms with Gasteiger partial charge in [-0.05, 0) is 13.8 Å². The summed E-state index contributed by atoms with van der Waals surface area (Å²) < 4.78 is 14.8. The second kappa shape index (κ2) is 24.9. The van der Waals surface area contributed by atoms with Crippen LogP contribution in [0.5, 0.6) is 0 Å². The Morgan fingerprint density at radius 1 is 0.720 bits per heavy atom. The third-order valence-electron chi connectivity index (χ3n) is 1.94. The Hall–Kier alpha value is -1.30. The third kappa shape index (κ3) is 45.0. The molecule has 0 aromatic heterocycles. The molecule has 0 saturated heterocycles. The maximum atomic E-state index is 9.64. The minimum absolute atomic E-state index is 0.0278. The summed E-state index contributed by atoms with van der Waals surface area (Å²) in [5.74, 6) is -2.15. The first-order valence-corrected chi connectivity index (χ1v) is 7.85. The molecule has 0 aliphatic carbocycles. The van der Waals surface area contributed by atoms with Crippen LogP contribution in [-0.2, 0) is 23.8 Å². The fourth-order valence-electron chi connectivity index (χ4n) is 0.954. The Morgan fingerprint density at radius 2 is 1.08 bits per heavy atom. The summed E-state index contributed by atoms with van der Waals surface area (Å²) in [7, 11) is 0. The monoisotopic (exact) mass is 372 g/mol. The summed E-state index contributed by atoms with van der Waals surface area (Å²) in [6, 6.07) is 0. The van der Waals surface area contributed by atoms with Gasteiger partial charge in [-0.1, -0.05) is 0 Å². The standard InChI is InChI=1S/C7H16O3.C4H6O4.C4H10O3/c1-7(2)10-6-5-9-4-3-8;5-3(6)1-2-4(7)8;5-1-3-7-4-2-6/h7-8H,3-6H2,1-2H3;1-2H2,(H,5,6)(H,7,8);5-6H,1-4H2. The highest BCUT2D eigenvalue weighted by atomic mass is 16.5. The van der Waals surface area contributed by atoms with Crippen LogP contribution in [0.2, 0.25) is 0 Å². The molecule has 152 valence electrons. The summed E-state index contributed by atoms with van der Waals surface area (Å²) in [5.41, 5.74) is 0. The van der Waals surface area contributed by atoms with Gasteiger partial charge in [-0.25, -0.2) is 0 Å². The fourth-order valence-corrected chi connectivity index (χ4v) is 0.954. The molecule has 0 aromatic rings. The number of carboxylic acid groups (broad SMARTS) is 2. The number of aliphatic hydroxyl groups is 3. The van der Waals surface area contributed by atoms with Crippen LogP contribution in [0.25, 0.3) is 0 Å². The topological polar surface area (TPSA) is 163 Å². The molecule has 0 rings (SSSR count). The molecule has 0 fully saturated rings. The maximum absolute atomic E-state index is 9.64. The van der Waals surface area contributed by atoms with Gasteiger partial charge in [0.2, 0.25) is 0 Å². The summed E-state index contributed by atoms with van der Waals surface area (Å²) in [4.78, 5) is 19.3. The molecule has 0 unspecified atom stereocenters. The minimum Gasteiger partial charge on any atom is -0.481 e. The molecule has 0 bridgehead atoms. The van der Waals surface area contributed by atoms with Gasteiger partial charge in [0.15, 0.2) is 0 Å². The number of rotatable bonds is 13. The Bertz CT molecular complexity index is 265. The van der Waals surface area contributed by atoms with E-state index in [1.54, 1.807) is 0 Å².